The summed E-state index contributed by atoms with van der Waals surface area (Å²) in [7, 11) is 0.544. The molecule has 0 aliphatic heterocycles. The summed E-state index contributed by atoms with van der Waals surface area (Å²) in [4.78, 5) is 0. The molecule has 0 amide bonds. The quantitative estimate of drug-likeness (QED) is 0.0837. The number of unbranched alkanes of at least 4 members (excludes halogenated alkanes) is 3. The van der Waals surface area contributed by atoms with Crippen LogP contribution in [0.2, 0.25) is 0 Å². The lowest BCUT2D eigenvalue weighted by molar-refractivity contribution is -0.139. The van der Waals surface area contributed by atoms with E-state index in [1.807, 2.05) is 0 Å². The zero-order valence-corrected chi connectivity index (χ0v) is 22.6. The van der Waals surface area contributed by atoms with Crippen molar-refractivity contribution < 1.29 is 52.7 Å². The molecule has 0 saturated heterocycles. The van der Waals surface area contributed by atoms with Gasteiger partial charge in [-0.3, -0.25) is 0 Å². The zero-order chi connectivity index (χ0) is 30.2. The van der Waals surface area contributed by atoms with Gasteiger partial charge in [0.15, 0.2) is 40.7 Å². The van der Waals surface area contributed by atoms with Gasteiger partial charge in [0, 0.05) is 5.56 Å². The molecule has 0 heterocycles. The lowest BCUT2D eigenvalue weighted by Crippen LogP contribution is -2.17. The van der Waals surface area contributed by atoms with E-state index in [-0.39, 0.29) is 6.42 Å². The molecular weight excluding hydrogens is 571 g/mol. The van der Waals surface area contributed by atoms with Crippen molar-refractivity contribution in [3.05, 3.63) is 57.7 Å². The Morgan fingerprint density at radius 3 is 1.59 bits per heavy atom. The Bertz CT molecular complexity index is 1080. The summed E-state index contributed by atoms with van der Waals surface area (Å²) in [6, 6.07) is 0. The van der Waals surface area contributed by atoms with Crippen molar-refractivity contribution in [2.75, 3.05) is 6.42 Å². The van der Waals surface area contributed by atoms with Gasteiger partial charge in [-0.15, -0.1) is 0 Å². The topological polar surface area (TPSA) is 0 Å². The molecule has 2 aromatic carbocycles. The summed E-state index contributed by atoms with van der Waals surface area (Å²) in [6.45, 7) is 7.07. The molecule has 0 aromatic heterocycles. The Labute approximate surface area is 221 Å². The average Bonchev–Trinajstić information content (AvgIpc) is 2.85. The minimum atomic E-state index is -5.83. The predicted molar refractivity (Wildman–Crippen MR) is 128 cm³/mol. The van der Waals surface area contributed by atoms with Crippen LogP contribution in [-0.2, 0) is 6.18 Å². The number of alkyl halides is 4. The Morgan fingerprint density at radius 1 is 0.667 bits per heavy atom. The van der Waals surface area contributed by atoms with Crippen molar-refractivity contribution in [1.82, 2.24) is 0 Å². The van der Waals surface area contributed by atoms with Crippen molar-refractivity contribution in [3.8, 4) is 11.1 Å². The molecule has 0 spiro atoms. The maximum atomic E-state index is 13.8. The monoisotopic (exact) mass is 600 g/mol. The molecule has 0 saturated carbocycles. The normalized spacial score (nSPS) is 12.8. The molecule has 0 aliphatic rings. The van der Waals surface area contributed by atoms with Gasteiger partial charge in [-0.05, 0) is 36.9 Å². The van der Waals surface area contributed by atoms with Crippen LogP contribution >= 0.6 is 8.58 Å². The van der Waals surface area contributed by atoms with E-state index in [0.29, 0.717) is 21.2 Å². The fourth-order valence-corrected chi connectivity index (χ4v) is 5.24. The Hall–Kier alpha value is -1.97. The van der Waals surface area contributed by atoms with Crippen LogP contribution in [0.3, 0.4) is 0 Å². The molecule has 2 aromatic rings. The molecule has 222 valence electrons. The summed E-state index contributed by atoms with van der Waals surface area (Å²) < 4.78 is 159. The van der Waals surface area contributed by atoms with Gasteiger partial charge in [0.25, 0.3) is 0 Å². The maximum Gasteiger partial charge on any atom is 0.419 e. The Morgan fingerprint density at radius 2 is 1.15 bits per heavy atom. The SMILES string of the molecule is CCCCCCC(CC(C)C)PCF.Cc1c(F)c(F)c(F)c(C(F)(F)F)c1-c1c(F)c(F)c(F)c(F)c1F. The highest BCUT2D eigenvalue weighted by Crippen LogP contribution is 2.45. The summed E-state index contributed by atoms with van der Waals surface area (Å²) in [5.41, 5.74) is -7.78. The first-order valence-electron chi connectivity index (χ1n) is 12.1. The molecule has 0 fully saturated rings. The summed E-state index contributed by atoms with van der Waals surface area (Å²) in [5.74, 6) is -20.5. The van der Waals surface area contributed by atoms with Crippen LogP contribution in [-0.4, -0.2) is 12.1 Å². The van der Waals surface area contributed by atoms with Crippen molar-refractivity contribution >= 4 is 8.58 Å². The first kappa shape index (κ1) is 35.1. The largest absolute Gasteiger partial charge is 0.419 e. The third-order valence-corrected chi connectivity index (χ3v) is 7.09. The smallest absolute Gasteiger partial charge is 0.246 e. The molecule has 0 bridgehead atoms. The zero-order valence-electron chi connectivity index (χ0n) is 21.6. The second-order valence-electron chi connectivity index (χ2n) is 9.27. The third kappa shape index (κ3) is 8.76. The lowest BCUT2D eigenvalue weighted by Gasteiger charge is -2.19. The summed E-state index contributed by atoms with van der Waals surface area (Å²) in [6.07, 6.45) is 1.80. The van der Waals surface area contributed by atoms with E-state index in [2.05, 4.69) is 20.8 Å². The number of hydrogen-bond donors (Lipinski definition) is 0. The van der Waals surface area contributed by atoms with E-state index in [9.17, 15) is 52.7 Å². The molecule has 2 atom stereocenters. The second-order valence-corrected chi connectivity index (χ2v) is 10.8. The van der Waals surface area contributed by atoms with Crippen LogP contribution in [0.25, 0.3) is 11.1 Å². The minimum absolute atomic E-state index is 0.106. The fourth-order valence-electron chi connectivity index (χ4n) is 3.98. The molecule has 2 rings (SSSR count). The van der Waals surface area contributed by atoms with Crippen LogP contribution in [0.15, 0.2) is 0 Å². The average molecular weight is 600 g/mol. The van der Waals surface area contributed by atoms with Crippen LogP contribution in [0.1, 0.15) is 70.4 Å². The number of halogens is 12. The molecule has 0 radical (unpaired) electrons. The Balaban J connectivity index is 0.000000464. The summed E-state index contributed by atoms with van der Waals surface area (Å²) >= 11 is 0. The van der Waals surface area contributed by atoms with E-state index < -0.39 is 75.0 Å². The standard InChI is InChI=1S/C14H3F11.C12H26FP/c1-2-3(4-7(16)11(20)13(22)12(21)8(4)17)5(14(23,24)25)9(18)10(19)6(2)15;1-4-5-6-7-8-12(14-10-13)9-11(2)3/h1H3;11-12,14H,4-10H2,1-3H3. The second kappa shape index (κ2) is 15.1. The van der Waals surface area contributed by atoms with E-state index in [1.165, 1.54) is 38.5 Å². The number of hydrogen-bond acceptors (Lipinski definition) is 0. The molecule has 13 heteroatoms. The molecule has 2 unspecified atom stereocenters. The van der Waals surface area contributed by atoms with Gasteiger partial charge in [0.2, 0.25) is 5.82 Å². The van der Waals surface area contributed by atoms with Crippen LogP contribution in [0, 0.1) is 59.4 Å². The van der Waals surface area contributed by atoms with Crippen LogP contribution < -0.4 is 0 Å². The van der Waals surface area contributed by atoms with Crippen LogP contribution in [0.4, 0.5) is 52.7 Å². The predicted octanol–water partition coefficient (Wildman–Crippen LogP) is 10.8. The minimum Gasteiger partial charge on any atom is -0.246 e. The van der Waals surface area contributed by atoms with Gasteiger partial charge in [-0.1, -0.05) is 55.0 Å². The molecule has 0 N–H and O–H groups in total. The molecule has 0 aliphatic carbocycles. The van der Waals surface area contributed by atoms with Crippen molar-refractivity contribution in [3.63, 3.8) is 0 Å². The highest BCUT2D eigenvalue weighted by Gasteiger charge is 2.43. The van der Waals surface area contributed by atoms with Gasteiger partial charge >= 0.3 is 6.18 Å². The maximum absolute atomic E-state index is 13.8. The van der Waals surface area contributed by atoms with Crippen molar-refractivity contribution in [2.24, 2.45) is 5.92 Å². The first-order valence-corrected chi connectivity index (χ1v) is 13.4. The van der Waals surface area contributed by atoms with Gasteiger partial charge < -0.3 is 0 Å². The molecule has 0 nitrogen and oxygen atoms in total. The van der Waals surface area contributed by atoms with E-state index >= 15 is 0 Å². The van der Waals surface area contributed by atoms with E-state index in [4.69, 9.17) is 0 Å². The first-order chi connectivity index (χ1) is 18.0. The Kier molecular flexibility index (Phi) is 13.6. The van der Waals surface area contributed by atoms with E-state index in [1.54, 1.807) is 0 Å². The molecular formula is C26H29F12P. The van der Waals surface area contributed by atoms with Crippen molar-refractivity contribution in [2.45, 2.75) is 78.1 Å². The lowest BCUT2D eigenvalue weighted by atomic mass is 9.92. The fraction of sp³-hybridized carbons (Fsp3) is 0.538. The van der Waals surface area contributed by atoms with Gasteiger partial charge in [-0.2, -0.15) is 13.2 Å². The number of benzene rings is 2. The third-order valence-electron chi connectivity index (χ3n) is 5.83. The highest BCUT2D eigenvalue weighted by molar-refractivity contribution is 7.38. The van der Waals surface area contributed by atoms with Gasteiger partial charge in [0.05, 0.1) is 5.56 Å². The van der Waals surface area contributed by atoms with E-state index in [0.717, 1.165) is 5.92 Å². The van der Waals surface area contributed by atoms with Gasteiger partial charge in [0.1, 0.15) is 12.0 Å². The van der Waals surface area contributed by atoms with Crippen LogP contribution in [0.5, 0.6) is 0 Å². The molecule has 39 heavy (non-hydrogen) atoms. The number of rotatable bonds is 10. The highest BCUT2D eigenvalue weighted by atomic mass is 31.1. The summed E-state index contributed by atoms with van der Waals surface area (Å²) in [5, 5.41) is 0. The van der Waals surface area contributed by atoms with Crippen molar-refractivity contribution in [1.29, 1.82) is 0 Å². The van der Waals surface area contributed by atoms with Gasteiger partial charge in [-0.25, -0.2) is 39.5 Å².